The van der Waals surface area contributed by atoms with Crippen LogP contribution in [0.4, 0.5) is 0 Å². The molecule has 28 heavy (non-hydrogen) atoms. The molecular weight excluding hydrogens is 356 g/mol. The van der Waals surface area contributed by atoms with Crippen LogP contribution in [0.25, 0.3) is 0 Å². The minimum absolute atomic E-state index is 0.0603. The SMILES string of the molecule is O=C1CCC(CCC(=O)N2CC[C@@]3(CCCN(C4CCCCC4)C3=O)C2)=NN1. The molecule has 0 aromatic rings. The van der Waals surface area contributed by atoms with Gasteiger partial charge in [-0.3, -0.25) is 14.4 Å². The number of rotatable bonds is 4. The molecule has 3 heterocycles. The summed E-state index contributed by atoms with van der Waals surface area (Å²) in [5, 5.41) is 4.05. The minimum Gasteiger partial charge on any atom is -0.342 e. The first-order valence-electron chi connectivity index (χ1n) is 11.0. The van der Waals surface area contributed by atoms with Crippen molar-refractivity contribution in [2.45, 2.75) is 83.1 Å². The van der Waals surface area contributed by atoms with E-state index in [2.05, 4.69) is 15.4 Å². The first-order chi connectivity index (χ1) is 13.6. The van der Waals surface area contributed by atoms with Gasteiger partial charge in [0.05, 0.1) is 5.41 Å². The van der Waals surface area contributed by atoms with Crippen molar-refractivity contribution in [2.24, 2.45) is 10.5 Å². The number of piperidine rings is 1. The highest BCUT2D eigenvalue weighted by atomic mass is 16.2. The summed E-state index contributed by atoms with van der Waals surface area (Å²) in [4.78, 5) is 41.3. The van der Waals surface area contributed by atoms with Crippen molar-refractivity contribution < 1.29 is 14.4 Å². The highest BCUT2D eigenvalue weighted by Gasteiger charge is 2.50. The van der Waals surface area contributed by atoms with Crippen LogP contribution in [0.1, 0.15) is 77.0 Å². The lowest BCUT2D eigenvalue weighted by atomic mass is 9.77. The zero-order valence-corrected chi connectivity index (χ0v) is 16.8. The summed E-state index contributed by atoms with van der Waals surface area (Å²) in [6.07, 6.45) is 10.9. The van der Waals surface area contributed by atoms with Crippen molar-refractivity contribution in [3.8, 4) is 0 Å². The molecule has 3 amide bonds. The van der Waals surface area contributed by atoms with Gasteiger partial charge in [-0.2, -0.15) is 5.10 Å². The van der Waals surface area contributed by atoms with Crippen LogP contribution in [0.2, 0.25) is 0 Å². The molecule has 4 aliphatic rings. The molecule has 1 aliphatic carbocycles. The first kappa shape index (κ1) is 19.4. The highest BCUT2D eigenvalue weighted by molar-refractivity contribution is 5.94. The highest BCUT2D eigenvalue weighted by Crippen LogP contribution is 2.42. The fraction of sp³-hybridized carbons (Fsp3) is 0.810. The van der Waals surface area contributed by atoms with Crippen LogP contribution >= 0.6 is 0 Å². The number of amides is 3. The van der Waals surface area contributed by atoms with E-state index in [9.17, 15) is 14.4 Å². The number of carbonyl (C=O) groups excluding carboxylic acids is 3. The van der Waals surface area contributed by atoms with Crippen LogP contribution in [0.3, 0.4) is 0 Å². The molecule has 154 valence electrons. The Kier molecular flexibility index (Phi) is 5.69. The maximum atomic E-state index is 13.4. The second-order valence-electron chi connectivity index (χ2n) is 8.95. The van der Waals surface area contributed by atoms with Gasteiger partial charge in [0.25, 0.3) is 0 Å². The lowest BCUT2D eigenvalue weighted by molar-refractivity contribution is -0.149. The number of hydrogen-bond donors (Lipinski definition) is 1. The van der Waals surface area contributed by atoms with Gasteiger partial charge in [0.1, 0.15) is 0 Å². The van der Waals surface area contributed by atoms with Crippen molar-refractivity contribution in [2.75, 3.05) is 19.6 Å². The monoisotopic (exact) mass is 388 g/mol. The van der Waals surface area contributed by atoms with E-state index in [1.165, 1.54) is 19.3 Å². The Hall–Kier alpha value is -1.92. The largest absolute Gasteiger partial charge is 0.342 e. The lowest BCUT2D eigenvalue weighted by Gasteiger charge is -2.44. The molecule has 0 radical (unpaired) electrons. The molecule has 4 rings (SSSR count). The van der Waals surface area contributed by atoms with Gasteiger partial charge in [-0.25, -0.2) is 5.43 Å². The van der Waals surface area contributed by atoms with Crippen molar-refractivity contribution in [1.82, 2.24) is 15.2 Å². The summed E-state index contributed by atoms with van der Waals surface area (Å²) >= 11 is 0. The topological polar surface area (TPSA) is 82.1 Å². The van der Waals surface area contributed by atoms with Crippen LogP contribution in [0, 0.1) is 5.41 Å². The molecular formula is C21H32N4O3. The quantitative estimate of drug-likeness (QED) is 0.802. The first-order valence-corrected chi connectivity index (χ1v) is 11.0. The number of likely N-dealkylation sites (tertiary alicyclic amines) is 2. The van der Waals surface area contributed by atoms with Gasteiger partial charge in [0.2, 0.25) is 17.7 Å². The Morgan fingerprint density at radius 2 is 1.89 bits per heavy atom. The maximum Gasteiger partial charge on any atom is 0.240 e. The molecule has 2 saturated heterocycles. The van der Waals surface area contributed by atoms with Gasteiger partial charge < -0.3 is 9.80 Å². The zero-order valence-electron chi connectivity index (χ0n) is 16.8. The number of carbonyl (C=O) groups is 3. The second kappa shape index (κ2) is 8.21. The summed E-state index contributed by atoms with van der Waals surface area (Å²) < 4.78 is 0. The molecule has 7 heteroatoms. The Morgan fingerprint density at radius 1 is 1.07 bits per heavy atom. The summed E-state index contributed by atoms with van der Waals surface area (Å²) in [7, 11) is 0. The third-order valence-corrected chi connectivity index (χ3v) is 7.10. The van der Waals surface area contributed by atoms with Gasteiger partial charge in [0.15, 0.2) is 0 Å². The Bertz CT molecular complexity index is 671. The molecule has 1 atom stereocenters. The lowest BCUT2D eigenvalue weighted by Crippen LogP contribution is -2.54. The standard InChI is InChI=1S/C21H32N4O3/c26-18-9-7-16(22-23-18)8-10-19(27)24-14-12-21(15-24)11-4-13-25(20(21)28)17-5-2-1-3-6-17/h17H,1-15H2,(H,23,26)/t21-/m0/s1. The number of hydrazone groups is 1. The second-order valence-corrected chi connectivity index (χ2v) is 8.95. The zero-order chi connectivity index (χ0) is 19.6. The van der Waals surface area contributed by atoms with E-state index in [4.69, 9.17) is 0 Å². The Balaban J connectivity index is 1.33. The molecule has 3 aliphatic heterocycles. The average molecular weight is 389 g/mol. The molecule has 0 unspecified atom stereocenters. The molecule has 1 N–H and O–H groups in total. The molecule has 1 saturated carbocycles. The van der Waals surface area contributed by atoms with E-state index in [0.29, 0.717) is 50.7 Å². The van der Waals surface area contributed by atoms with Gasteiger partial charge in [-0.15, -0.1) is 0 Å². The fourth-order valence-corrected chi connectivity index (χ4v) is 5.41. The predicted octanol–water partition coefficient (Wildman–Crippen LogP) is 2.21. The number of nitrogens with zero attached hydrogens (tertiary/aromatic N) is 3. The minimum atomic E-state index is -0.346. The fourth-order valence-electron chi connectivity index (χ4n) is 5.41. The Morgan fingerprint density at radius 3 is 2.64 bits per heavy atom. The van der Waals surface area contributed by atoms with Crippen molar-refractivity contribution in [3.63, 3.8) is 0 Å². The normalized spacial score (nSPS) is 29.2. The summed E-state index contributed by atoms with van der Waals surface area (Å²) in [5.41, 5.74) is 3.03. The molecule has 1 spiro atoms. The van der Waals surface area contributed by atoms with E-state index < -0.39 is 0 Å². The summed E-state index contributed by atoms with van der Waals surface area (Å²) in [6.45, 7) is 2.16. The third kappa shape index (κ3) is 3.94. The van der Waals surface area contributed by atoms with E-state index in [1.807, 2.05) is 4.90 Å². The van der Waals surface area contributed by atoms with Gasteiger partial charge in [-0.1, -0.05) is 19.3 Å². The van der Waals surface area contributed by atoms with Crippen LogP contribution in [-0.4, -0.2) is 58.9 Å². The van der Waals surface area contributed by atoms with Gasteiger partial charge >= 0.3 is 0 Å². The average Bonchev–Trinajstić information content (AvgIpc) is 3.15. The molecule has 3 fully saturated rings. The van der Waals surface area contributed by atoms with E-state index in [-0.39, 0.29) is 17.2 Å². The van der Waals surface area contributed by atoms with Gasteiger partial charge in [-0.05, 0) is 44.9 Å². The molecule has 0 aromatic carbocycles. The van der Waals surface area contributed by atoms with Crippen LogP contribution < -0.4 is 5.43 Å². The number of hydrogen-bond acceptors (Lipinski definition) is 4. The summed E-state index contributed by atoms with van der Waals surface area (Å²) in [6, 6.07) is 0.419. The smallest absolute Gasteiger partial charge is 0.240 e. The maximum absolute atomic E-state index is 13.4. The van der Waals surface area contributed by atoms with Crippen LogP contribution in [-0.2, 0) is 14.4 Å². The van der Waals surface area contributed by atoms with Crippen molar-refractivity contribution in [3.05, 3.63) is 0 Å². The number of nitrogens with one attached hydrogen (secondary N) is 1. The van der Waals surface area contributed by atoms with E-state index in [0.717, 1.165) is 44.4 Å². The predicted molar refractivity (Wildman–Crippen MR) is 105 cm³/mol. The van der Waals surface area contributed by atoms with Crippen molar-refractivity contribution in [1.29, 1.82) is 0 Å². The van der Waals surface area contributed by atoms with Crippen LogP contribution in [0.5, 0.6) is 0 Å². The van der Waals surface area contributed by atoms with E-state index >= 15 is 0 Å². The van der Waals surface area contributed by atoms with Crippen molar-refractivity contribution >= 4 is 23.4 Å². The molecule has 0 aromatic heterocycles. The van der Waals surface area contributed by atoms with Crippen LogP contribution in [0.15, 0.2) is 5.10 Å². The molecule has 7 nitrogen and oxygen atoms in total. The summed E-state index contributed by atoms with van der Waals surface area (Å²) in [5.74, 6) is 0.356. The third-order valence-electron chi connectivity index (χ3n) is 7.10. The Labute approximate surface area is 166 Å². The van der Waals surface area contributed by atoms with Gasteiger partial charge in [0, 0.05) is 44.2 Å². The molecule has 0 bridgehead atoms. The van der Waals surface area contributed by atoms with E-state index in [1.54, 1.807) is 0 Å².